The number of hydrogen-bond acceptors (Lipinski definition) is 6. The third kappa shape index (κ3) is 4.03. The monoisotopic (exact) mass is 376 g/mol. The van der Waals surface area contributed by atoms with E-state index in [0.29, 0.717) is 30.4 Å². The van der Waals surface area contributed by atoms with E-state index in [4.69, 9.17) is 9.47 Å². The summed E-state index contributed by atoms with van der Waals surface area (Å²) in [5.74, 6) is 1.66. The van der Waals surface area contributed by atoms with Crippen LogP contribution >= 0.6 is 0 Å². The number of benzene rings is 2. The van der Waals surface area contributed by atoms with E-state index in [1.165, 1.54) is 23.5 Å². The molecule has 0 atom stereocenters. The Labute approximate surface area is 162 Å². The minimum absolute atomic E-state index is 0.229. The number of aromatic nitrogens is 2. The van der Waals surface area contributed by atoms with Gasteiger partial charge in [-0.25, -0.2) is 9.97 Å². The van der Waals surface area contributed by atoms with Crippen molar-refractivity contribution in [3.8, 4) is 11.5 Å². The molecule has 7 heteroatoms. The highest BCUT2D eigenvalue weighted by Crippen LogP contribution is 2.32. The number of hydrogen-bond donors (Lipinski definition) is 2. The van der Waals surface area contributed by atoms with E-state index in [0.717, 1.165) is 11.3 Å². The number of anilines is 1. The Morgan fingerprint density at radius 3 is 2.64 bits per heavy atom. The summed E-state index contributed by atoms with van der Waals surface area (Å²) < 4.78 is 10.6. The van der Waals surface area contributed by atoms with Gasteiger partial charge in [0.25, 0.3) is 5.91 Å². The van der Waals surface area contributed by atoms with Gasteiger partial charge in [-0.2, -0.15) is 0 Å². The number of fused-ring (bicyclic) bond motifs is 1. The third-order valence-corrected chi connectivity index (χ3v) is 4.50. The summed E-state index contributed by atoms with van der Waals surface area (Å²) in [5, 5.41) is 6.03. The molecule has 1 aliphatic heterocycles. The molecule has 1 amide bonds. The van der Waals surface area contributed by atoms with Crippen LogP contribution < -0.4 is 20.1 Å². The zero-order chi connectivity index (χ0) is 19.3. The molecule has 0 bridgehead atoms. The number of aryl methyl sites for hydroxylation is 1. The van der Waals surface area contributed by atoms with Gasteiger partial charge in [0.1, 0.15) is 0 Å². The summed E-state index contributed by atoms with van der Waals surface area (Å²) in [4.78, 5) is 20.8. The maximum atomic E-state index is 12.3. The molecule has 3 aromatic rings. The van der Waals surface area contributed by atoms with Crippen LogP contribution in [-0.4, -0.2) is 22.7 Å². The molecule has 0 saturated heterocycles. The van der Waals surface area contributed by atoms with Crippen LogP contribution in [0.2, 0.25) is 0 Å². The Morgan fingerprint density at radius 2 is 1.82 bits per heavy atom. The molecule has 2 heterocycles. The first-order valence-electron chi connectivity index (χ1n) is 8.96. The lowest BCUT2D eigenvalue weighted by Gasteiger charge is -2.08. The largest absolute Gasteiger partial charge is 0.454 e. The van der Waals surface area contributed by atoms with Gasteiger partial charge in [0.2, 0.25) is 12.7 Å². The van der Waals surface area contributed by atoms with Crippen molar-refractivity contribution < 1.29 is 14.3 Å². The van der Waals surface area contributed by atoms with E-state index >= 15 is 0 Å². The second kappa shape index (κ2) is 7.96. The summed E-state index contributed by atoms with van der Waals surface area (Å²) in [5.41, 5.74) is 3.71. The van der Waals surface area contributed by atoms with Gasteiger partial charge in [0, 0.05) is 25.5 Å². The zero-order valence-corrected chi connectivity index (χ0v) is 15.4. The fraction of sp³-hybridized carbons (Fsp3) is 0.190. The van der Waals surface area contributed by atoms with Crippen molar-refractivity contribution >= 4 is 11.9 Å². The van der Waals surface area contributed by atoms with E-state index in [1.807, 2.05) is 30.3 Å². The molecule has 2 aromatic carbocycles. The van der Waals surface area contributed by atoms with Gasteiger partial charge in [0.05, 0.1) is 5.56 Å². The third-order valence-electron chi connectivity index (χ3n) is 4.50. The number of carbonyl (C=O) groups excluding carboxylic acids is 1. The minimum atomic E-state index is -0.233. The standard InChI is InChI=1S/C21H20N4O3/c1-14-4-2-3-5-16(14)10-23-21-24-11-17(12-25-21)20(26)22-9-15-6-7-18-19(8-15)28-13-27-18/h2-8,11-12H,9-10,13H2,1H3,(H,22,26)(H,23,24,25). The van der Waals surface area contributed by atoms with E-state index in [-0.39, 0.29) is 12.7 Å². The average molecular weight is 376 g/mol. The molecule has 142 valence electrons. The first kappa shape index (κ1) is 17.8. The molecule has 2 N–H and O–H groups in total. The first-order chi connectivity index (χ1) is 13.7. The minimum Gasteiger partial charge on any atom is -0.454 e. The summed E-state index contributed by atoms with van der Waals surface area (Å²) in [6.07, 6.45) is 3.03. The van der Waals surface area contributed by atoms with Crippen molar-refractivity contribution in [2.75, 3.05) is 12.1 Å². The van der Waals surface area contributed by atoms with Crippen molar-refractivity contribution in [1.82, 2.24) is 15.3 Å². The molecule has 0 saturated carbocycles. The van der Waals surface area contributed by atoms with Crippen LogP contribution in [0.15, 0.2) is 54.9 Å². The number of amides is 1. The Balaban J connectivity index is 1.32. The predicted octanol–water partition coefficient (Wildman–Crippen LogP) is 3.06. The highest BCUT2D eigenvalue weighted by Gasteiger charge is 2.14. The lowest BCUT2D eigenvalue weighted by atomic mass is 10.1. The van der Waals surface area contributed by atoms with Gasteiger partial charge in [0.15, 0.2) is 11.5 Å². The number of nitrogens with one attached hydrogen (secondary N) is 2. The molecular weight excluding hydrogens is 356 g/mol. The highest BCUT2D eigenvalue weighted by molar-refractivity contribution is 5.93. The molecule has 7 nitrogen and oxygen atoms in total. The maximum absolute atomic E-state index is 12.3. The smallest absolute Gasteiger partial charge is 0.254 e. The lowest BCUT2D eigenvalue weighted by molar-refractivity contribution is 0.0950. The van der Waals surface area contributed by atoms with Crippen LogP contribution in [0.5, 0.6) is 11.5 Å². The molecule has 0 radical (unpaired) electrons. The topological polar surface area (TPSA) is 85.4 Å². The van der Waals surface area contributed by atoms with Crippen LogP contribution in [-0.2, 0) is 13.1 Å². The average Bonchev–Trinajstić information content (AvgIpc) is 3.20. The van der Waals surface area contributed by atoms with Crippen molar-refractivity contribution in [2.24, 2.45) is 0 Å². The van der Waals surface area contributed by atoms with Gasteiger partial charge in [-0.15, -0.1) is 0 Å². The molecule has 0 fully saturated rings. The van der Waals surface area contributed by atoms with E-state index in [9.17, 15) is 4.79 Å². The van der Waals surface area contributed by atoms with E-state index in [1.54, 1.807) is 0 Å². The van der Waals surface area contributed by atoms with Gasteiger partial charge in [-0.1, -0.05) is 30.3 Å². The van der Waals surface area contributed by atoms with Crippen molar-refractivity contribution in [3.63, 3.8) is 0 Å². The van der Waals surface area contributed by atoms with Crippen LogP contribution in [0.25, 0.3) is 0 Å². The summed E-state index contributed by atoms with van der Waals surface area (Å²) in [6.45, 7) is 3.29. The highest BCUT2D eigenvalue weighted by atomic mass is 16.7. The molecule has 0 spiro atoms. The molecule has 1 aliphatic rings. The molecule has 0 unspecified atom stereocenters. The number of rotatable bonds is 6. The van der Waals surface area contributed by atoms with Gasteiger partial charge in [-0.3, -0.25) is 4.79 Å². The molecule has 0 aliphatic carbocycles. The Kier molecular flexibility index (Phi) is 5.05. The van der Waals surface area contributed by atoms with Gasteiger partial charge in [-0.05, 0) is 35.7 Å². The predicted molar refractivity (Wildman–Crippen MR) is 104 cm³/mol. The van der Waals surface area contributed by atoms with Crippen LogP contribution in [0, 0.1) is 6.92 Å². The Morgan fingerprint density at radius 1 is 1.04 bits per heavy atom. The zero-order valence-electron chi connectivity index (χ0n) is 15.4. The van der Waals surface area contributed by atoms with E-state index in [2.05, 4.69) is 39.7 Å². The fourth-order valence-corrected chi connectivity index (χ4v) is 2.85. The summed E-state index contributed by atoms with van der Waals surface area (Å²) in [6, 6.07) is 13.7. The second-order valence-electron chi connectivity index (χ2n) is 6.45. The van der Waals surface area contributed by atoms with Crippen molar-refractivity contribution in [3.05, 3.63) is 77.1 Å². The SMILES string of the molecule is Cc1ccccc1CNc1ncc(C(=O)NCc2ccc3c(c2)OCO3)cn1. The Hall–Kier alpha value is -3.61. The second-order valence-corrected chi connectivity index (χ2v) is 6.45. The summed E-state index contributed by atoms with van der Waals surface area (Å²) in [7, 11) is 0. The number of nitrogens with zero attached hydrogens (tertiary/aromatic N) is 2. The van der Waals surface area contributed by atoms with Gasteiger partial charge >= 0.3 is 0 Å². The number of ether oxygens (including phenoxy) is 2. The number of carbonyl (C=O) groups is 1. The fourth-order valence-electron chi connectivity index (χ4n) is 2.85. The normalized spacial score (nSPS) is 11.9. The van der Waals surface area contributed by atoms with Gasteiger partial charge < -0.3 is 20.1 Å². The van der Waals surface area contributed by atoms with E-state index < -0.39 is 0 Å². The maximum Gasteiger partial charge on any atom is 0.254 e. The van der Waals surface area contributed by atoms with Crippen LogP contribution in [0.3, 0.4) is 0 Å². The first-order valence-corrected chi connectivity index (χ1v) is 8.96. The quantitative estimate of drug-likeness (QED) is 0.688. The molecule has 4 rings (SSSR count). The molecular formula is C21H20N4O3. The van der Waals surface area contributed by atoms with Crippen LogP contribution in [0.1, 0.15) is 27.0 Å². The van der Waals surface area contributed by atoms with Crippen LogP contribution in [0.4, 0.5) is 5.95 Å². The van der Waals surface area contributed by atoms with Crippen molar-refractivity contribution in [2.45, 2.75) is 20.0 Å². The lowest BCUT2D eigenvalue weighted by Crippen LogP contribution is -2.23. The van der Waals surface area contributed by atoms with Crippen molar-refractivity contribution in [1.29, 1.82) is 0 Å². The summed E-state index contributed by atoms with van der Waals surface area (Å²) >= 11 is 0. The molecule has 28 heavy (non-hydrogen) atoms. The molecule has 1 aromatic heterocycles. The Bertz CT molecular complexity index is 989.